The van der Waals surface area contributed by atoms with Gasteiger partial charge in [0, 0.05) is 5.75 Å². The van der Waals surface area contributed by atoms with Crippen molar-refractivity contribution in [2.75, 3.05) is 0 Å². The van der Waals surface area contributed by atoms with Crippen molar-refractivity contribution in [2.24, 2.45) is 0 Å². The first-order chi connectivity index (χ1) is 15.6. The van der Waals surface area contributed by atoms with Gasteiger partial charge in [-0.05, 0) is 48.4 Å². The van der Waals surface area contributed by atoms with Crippen LogP contribution in [-0.4, -0.2) is 19.3 Å². The number of nitrogens with zero attached hydrogens (tertiary/aromatic N) is 4. The number of thioether (sulfide) groups is 1. The summed E-state index contributed by atoms with van der Waals surface area (Å²) in [5, 5.41) is 9.63. The molecule has 0 fully saturated rings. The average molecular weight is 463 g/mol. The van der Waals surface area contributed by atoms with Crippen LogP contribution in [-0.2, 0) is 12.3 Å². The largest absolute Gasteiger partial charge is 0.308 e. The smallest absolute Gasteiger partial charge is 0.291 e. The highest BCUT2D eigenvalue weighted by Crippen LogP contribution is 2.28. The van der Waals surface area contributed by atoms with E-state index in [0.717, 1.165) is 32.2 Å². The Balaban J connectivity index is 1.55. The number of halogens is 1. The lowest BCUT2D eigenvalue weighted by Crippen LogP contribution is -2.17. The number of thiazole rings is 1. The average Bonchev–Trinajstić information content (AvgIpc) is 3.34. The van der Waals surface area contributed by atoms with Crippen LogP contribution in [0, 0.1) is 12.7 Å². The fourth-order valence-corrected chi connectivity index (χ4v) is 5.40. The number of fused-ring (bicyclic) bond motifs is 1. The maximum atomic E-state index is 13.2. The maximum Gasteiger partial charge on any atom is 0.308 e. The molecule has 5 nitrogen and oxygen atoms in total. The fourth-order valence-electron chi connectivity index (χ4n) is 3.59. The van der Waals surface area contributed by atoms with Gasteiger partial charge in [0.15, 0.2) is 11.0 Å². The first kappa shape index (κ1) is 20.7. The molecule has 0 aliphatic carbocycles. The zero-order valence-electron chi connectivity index (χ0n) is 17.2. The van der Waals surface area contributed by atoms with Crippen LogP contribution in [0.4, 0.5) is 4.39 Å². The quantitative estimate of drug-likeness (QED) is 0.316. The molecule has 160 valence electrons. The van der Waals surface area contributed by atoms with E-state index in [4.69, 9.17) is 0 Å². The Hall–Kier alpha value is -3.23. The zero-order chi connectivity index (χ0) is 22.1. The molecule has 0 atom stereocenters. The van der Waals surface area contributed by atoms with Crippen molar-refractivity contribution in [1.29, 1.82) is 0 Å². The first-order valence-corrected chi connectivity index (χ1v) is 11.9. The molecule has 2 aromatic heterocycles. The van der Waals surface area contributed by atoms with Crippen molar-refractivity contribution in [1.82, 2.24) is 19.3 Å². The van der Waals surface area contributed by atoms with Crippen LogP contribution in [0.5, 0.6) is 0 Å². The molecule has 0 bridgehead atoms. The summed E-state index contributed by atoms with van der Waals surface area (Å²) in [6.07, 6.45) is 0. The second-order valence-electron chi connectivity index (χ2n) is 7.36. The SMILES string of the molecule is Cc1ccccc1-n1c(Cn2c(=O)sc3ccccc32)nnc1SCc1ccc(F)cc1. The van der Waals surface area contributed by atoms with Gasteiger partial charge in [-0.3, -0.25) is 13.9 Å². The molecule has 0 saturated heterocycles. The number of aryl methyl sites for hydroxylation is 1. The molecular formula is C24H19FN4OS2. The molecule has 8 heteroatoms. The molecule has 5 rings (SSSR count). The molecule has 0 unspecified atom stereocenters. The van der Waals surface area contributed by atoms with Crippen molar-refractivity contribution < 1.29 is 4.39 Å². The van der Waals surface area contributed by atoms with Crippen molar-refractivity contribution in [3.8, 4) is 5.69 Å². The lowest BCUT2D eigenvalue weighted by Gasteiger charge is -2.13. The van der Waals surface area contributed by atoms with Crippen LogP contribution in [0.1, 0.15) is 17.0 Å². The Morgan fingerprint density at radius 1 is 0.969 bits per heavy atom. The molecule has 0 spiro atoms. The third-order valence-corrected chi connectivity index (χ3v) is 7.17. The Morgan fingerprint density at radius 2 is 1.72 bits per heavy atom. The molecular weight excluding hydrogens is 443 g/mol. The van der Waals surface area contributed by atoms with Gasteiger partial charge in [0.25, 0.3) is 0 Å². The van der Waals surface area contributed by atoms with Crippen molar-refractivity contribution in [3.63, 3.8) is 0 Å². The Kier molecular flexibility index (Phi) is 5.63. The van der Waals surface area contributed by atoms with E-state index in [0.29, 0.717) is 18.1 Å². The monoisotopic (exact) mass is 462 g/mol. The van der Waals surface area contributed by atoms with Gasteiger partial charge < -0.3 is 0 Å². The molecule has 3 aromatic carbocycles. The summed E-state index contributed by atoms with van der Waals surface area (Å²) in [5.41, 5.74) is 3.95. The van der Waals surface area contributed by atoms with Gasteiger partial charge in [0.1, 0.15) is 5.82 Å². The van der Waals surface area contributed by atoms with Crippen LogP contribution in [0.3, 0.4) is 0 Å². The molecule has 32 heavy (non-hydrogen) atoms. The van der Waals surface area contributed by atoms with Crippen LogP contribution in [0.2, 0.25) is 0 Å². The second-order valence-corrected chi connectivity index (χ2v) is 9.29. The minimum Gasteiger partial charge on any atom is -0.291 e. The Labute approximate surface area is 192 Å². The third-order valence-electron chi connectivity index (χ3n) is 5.21. The summed E-state index contributed by atoms with van der Waals surface area (Å²) in [6, 6.07) is 22.3. The highest BCUT2D eigenvalue weighted by molar-refractivity contribution is 7.98. The standard InChI is InChI=1S/C24H19FN4OS2/c1-16-6-2-3-7-19(16)29-22(14-28-20-8-4-5-9-21(20)32-24(28)30)26-27-23(29)31-15-17-10-12-18(25)13-11-17/h2-13H,14-15H2,1H3. The number of hydrogen-bond donors (Lipinski definition) is 0. The summed E-state index contributed by atoms with van der Waals surface area (Å²) in [5.74, 6) is 1.06. The molecule has 5 aromatic rings. The summed E-state index contributed by atoms with van der Waals surface area (Å²) < 4.78 is 18.0. The van der Waals surface area contributed by atoms with E-state index in [-0.39, 0.29) is 10.7 Å². The van der Waals surface area contributed by atoms with Crippen molar-refractivity contribution >= 4 is 33.3 Å². The molecule has 0 radical (unpaired) electrons. The summed E-state index contributed by atoms with van der Waals surface area (Å²) >= 11 is 2.77. The lowest BCUT2D eigenvalue weighted by molar-refractivity contribution is 0.627. The van der Waals surface area contributed by atoms with Gasteiger partial charge in [0.05, 0.1) is 22.4 Å². The number of hydrogen-bond acceptors (Lipinski definition) is 5. The van der Waals surface area contributed by atoms with E-state index < -0.39 is 0 Å². The van der Waals surface area contributed by atoms with Crippen molar-refractivity contribution in [3.05, 3.63) is 105 Å². The van der Waals surface area contributed by atoms with E-state index in [1.54, 1.807) is 16.7 Å². The molecule has 2 heterocycles. The fraction of sp³-hybridized carbons (Fsp3) is 0.125. The summed E-state index contributed by atoms with van der Waals surface area (Å²) in [6.45, 7) is 2.36. The summed E-state index contributed by atoms with van der Waals surface area (Å²) in [4.78, 5) is 12.7. The number of benzene rings is 3. The van der Waals surface area contributed by atoms with E-state index in [1.165, 1.54) is 35.2 Å². The molecule has 0 aliphatic heterocycles. The molecule has 0 aliphatic rings. The van der Waals surface area contributed by atoms with E-state index in [2.05, 4.69) is 10.2 Å². The van der Waals surface area contributed by atoms with Gasteiger partial charge in [-0.1, -0.05) is 65.6 Å². The molecule has 0 amide bonds. The highest BCUT2D eigenvalue weighted by Gasteiger charge is 2.18. The Morgan fingerprint density at radius 3 is 2.53 bits per heavy atom. The zero-order valence-corrected chi connectivity index (χ0v) is 18.9. The van der Waals surface area contributed by atoms with E-state index in [1.807, 2.05) is 60.0 Å². The van der Waals surface area contributed by atoms with Crippen LogP contribution in [0.15, 0.2) is 82.7 Å². The first-order valence-electron chi connectivity index (χ1n) is 10.1. The van der Waals surface area contributed by atoms with Gasteiger partial charge >= 0.3 is 4.87 Å². The van der Waals surface area contributed by atoms with Crippen LogP contribution >= 0.6 is 23.1 Å². The molecule has 0 N–H and O–H groups in total. The van der Waals surface area contributed by atoms with Crippen LogP contribution < -0.4 is 4.87 Å². The predicted molar refractivity (Wildman–Crippen MR) is 127 cm³/mol. The van der Waals surface area contributed by atoms with Gasteiger partial charge in [0.2, 0.25) is 0 Å². The van der Waals surface area contributed by atoms with Gasteiger partial charge in [-0.2, -0.15) is 0 Å². The third kappa shape index (κ3) is 3.99. The van der Waals surface area contributed by atoms with Gasteiger partial charge in [-0.15, -0.1) is 10.2 Å². The normalized spacial score (nSPS) is 11.3. The van der Waals surface area contributed by atoms with Crippen molar-refractivity contribution in [2.45, 2.75) is 24.4 Å². The second kappa shape index (κ2) is 8.72. The Bertz CT molecular complexity index is 1450. The minimum atomic E-state index is -0.252. The number of aromatic nitrogens is 4. The summed E-state index contributed by atoms with van der Waals surface area (Å²) in [7, 11) is 0. The van der Waals surface area contributed by atoms with Gasteiger partial charge in [-0.25, -0.2) is 4.39 Å². The molecule has 0 saturated carbocycles. The topological polar surface area (TPSA) is 52.7 Å². The minimum absolute atomic E-state index is 0.0222. The van der Waals surface area contributed by atoms with E-state index >= 15 is 0 Å². The maximum absolute atomic E-state index is 13.2. The highest BCUT2D eigenvalue weighted by atomic mass is 32.2. The van der Waals surface area contributed by atoms with Crippen LogP contribution in [0.25, 0.3) is 15.9 Å². The van der Waals surface area contributed by atoms with E-state index in [9.17, 15) is 9.18 Å². The number of rotatable bonds is 6. The predicted octanol–water partition coefficient (Wildman–Crippen LogP) is 5.43. The number of para-hydroxylation sites is 2. The lowest BCUT2D eigenvalue weighted by atomic mass is 10.2.